The SMILES string of the molecule is CC(C)c1cccc(C(C)C)c1-c1ccc2c(c1)N(c1cc(Oc3ccc4c5ccc(C(C)(C)C)cc5n(-c5cc(C(C)(C)c6ccccc6)ccn5)c4c3)cc(C(C)(C)c3ccccc3)c1)CN2c1cc(-c2ccccc2)cc(C(C)(C)C)c1. The lowest BCUT2D eigenvalue weighted by molar-refractivity contribution is 0.480. The van der Waals surface area contributed by atoms with Crippen LogP contribution >= 0.6 is 0 Å². The van der Waals surface area contributed by atoms with Gasteiger partial charge < -0.3 is 14.5 Å². The van der Waals surface area contributed by atoms with Crippen LogP contribution in [-0.2, 0) is 21.7 Å². The zero-order valence-corrected chi connectivity index (χ0v) is 52.3. The fraction of sp³-hybridized carbons (Fsp3) is 0.263. The number of rotatable bonds is 13. The predicted molar refractivity (Wildman–Crippen MR) is 361 cm³/mol. The highest BCUT2D eigenvalue weighted by Gasteiger charge is 2.34. The van der Waals surface area contributed by atoms with E-state index >= 15 is 0 Å². The summed E-state index contributed by atoms with van der Waals surface area (Å²) < 4.78 is 9.73. The summed E-state index contributed by atoms with van der Waals surface area (Å²) in [7, 11) is 0. The number of nitrogens with zero attached hydrogens (tertiary/aromatic N) is 4. The minimum Gasteiger partial charge on any atom is -0.457 e. The monoisotopic (exact) mass is 1110 g/mol. The summed E-state index contributed by atoms with van der Waals surface area (Å²) in [5.74, 6) is 3.08. The lowest BCUT2D eigenvalue weighted by Crippen LogP contribution is -2.25. The van der Waals surface area contributed by atoms with Crippen LogP contribution in [0.25, 0.3) is 49.9 Å². The van der Waals surface area contributed by atoms with Gasteiger partial charge in [0.2, 0.25) is 0 Å². The van der Waals surface area contributed by atoms with Gasteiger partial charge in [0, 0.05) is 51.3 Å². The smallest absolute Gasteiger partial charge is 0.137 e. The van der Waals surface area contributed by atoms with Crippen molar-refractivity contribution in [3.05, 3.63) is 263 Å². The second-order valence-corrected chi connectivity index (χ2v) is 27.4. The van der Waals surface area contributed by atoms with Crippen molar-refractivity contribution < 1.29 is 4.74 Å². The molecule has 0 aliphatic carbocycles. The number of anilines is 4. The molecule has 0 bridgehead atoms. The summed E-state index contributed by atoms with van der Waals surface area (Å²) in [6, 6.07) is 78.7. The molecule has 0 spiro atoms. The van der Waals surface area contributed by atoms with E-state index in [2.05, 4.69) is 324 Å². The van der Waals surface area contributed by atoms with E-state index < -0.39 is 5.41 Å². The van der Waals surface area contributed by atoms with Gasteiger partial charge in [-0.25, -0.2) is 4.98 Å². The Morgan fingerprint density at radius 1 is 0.388 bits per heavy atom. The standard InChI is InChI=1S/C80H82N4O/c1-52(2)67-31-24-32-68(53(3)4)76(67)55-33-38-71-74(43-55)83(51-82(71)63-42-56(54-25-18-15-19-26-54)41-61(44-63)78(8,9)10)64-45-62(80(13,14)58-29-22-17-23-30-58)46-66(49-64)85-65-35-37-70-69-36-34-59(77(5,6)7)47-72(69)84(73(70)50-65)75-48-60(39-40-81-75)79(11,12)57-27-20-16-21-28-57/h15-50,52-53H,51H2,1-14H3. The van der Waals surface area contributed by atoms with Crippen LogP contribution in [0.3, 0.4) is 0 Å². The first kappa shape index (κ1) is 56.8. The fourth-order valence-electron chi connectivity index (χ4n) is 12.8. The van der Waals surface area contributed by atoms with Crippen molar-refractivity contribution in [2.75, 3.05) is 16.5 Å². The molecule has 428 valence electrons. The molecule has 12 rings (SSSR count). The third kappa shape index (κ3) is 10.7. The third-order valence-corrected chi connectivity index (χ3v) is 18.2. The molecule has 1 aliphatic rings. The average molecular weight is 1120 g/mol. The minimum absolute atomic E-state index is 0.0593. The van der Waals surface area contributed by atoms with Gasteiger partial charge in [-0.2, -0.15) is 0 Å². The number of pyridine rings is 1. The highest BCUT2D eigenvalue weighted by atomic mass is 16.5. The Kier molecular flexibility index (Phi) is 14.5. The lowest BCUT2D eigenvalue weighted by atomic mass is 9.78. The summed E-state index contributed by atoms with van der Waals surface area (Å²) >= 11 is 0. The Hall–Kier alpha value is -8.67. The van der Waals surface area contributed by atoms with Gasteiger partial charge in [-0.05, 0) is 156 Å². The molecule has 9 aromatic carbocycles. The zero-order valence-electron chi connectivity index (χ0n) is 52.3. The van der Waals surface area contributed by atoms with E-state index in [0.29, 0.717) is 18.5 Å². The van der Waals surface area contributed by atoms with E-state index in [1.165, 1.54) is 66.6 Å². The maximum atomic E-state index is 7.38. The Labute approximate surface area is 505 Å². The molecular weight excluding hydrogens is 1030 g/mol. The molecule has 0 atom stereocenters. The molecule has 3 heterocycles. The van der Waals surface area contributed by atoms with Gasteiger partial charge >= 0.3 is 0 Å². The van der Waals surface area contributed by atoms with Crippen molar-refractivity contribution in [2.24, 2.45) is 0 Å². The van der Waals surface area contributed by atoms with Crippen LogP contribution in [0.1, 0.15) is 153 Å². The van der Waals surface area contributed by atoms with Crippen molar-refractivity contribution in [3.63, 3.8) is 0 Å². The van der Waals surface area contributed by atoms with Crippen molar-refractivity contribution in [2.45, 2.75) is 130 Å². The predicted octanol–water partition coefficient (Wildman–Crippen LogP) is 22.0. The van der Waals surface area contributed by atoms with Crippen LogP contribution in [0.4, 0.5) is 22.7 Å². The Balaban J connectivity index is 1.05. The van der Waals surface area contributed by atoms with Crippen molar-refractivity contribution in [1.29, 1.82) is 0 Å². The molecule has 0 unspecified atom stereocenters. The maximum Gasteiger partial charge on any atom is 0.137 e. The van der Waals surface area contributed by atoms with Crippen molar-refractivity contribution in [1.82, 2.24) is 9.55 Å². The first-order valence-corrected chi connectivity index (χ1v) is 30.6. The molecular formula is C80H82N4O. The first-order chi connectivity index (χ1) is 40.5. The Morgan fingerprint density at radius 2 is 0.953 bits per heavy atom. The van der Waals surface area contributed by atoms with Gasteiger partial charge in [-0.15, -0.1) is 0 Å². The van der Waals surface area contributed by atoms with Crippen molar-refractivity contribution >= 4 is 44.6 Å². The molecule has 5 heteroatoms. The van der Waals surface area contributed by atoms with Gasteiger partial charge in [-0.1, -0.05) is 230 Å². The summed E-state index contributed by atoms with van der Waals surface area (Å²) in [5.41, 5.74) is 21.0. The van der Waals surface area contributed by atoms with E-state index in [1.54, 1.807) is 0 Å². The quantitative estimate of drug-likeness (QED) is 0.115. The van der Waals surface area contributed by atoms with Gasteiger partial charge in [0.15, 0.2) is 0 Å². The Bertz CT molecular complexity index is 4240. The summed E-state index contributed by atoms with van der Waals surface area (Å²) in [6.07, 6.45) is 1.97. The van der Waals surface area contributed by atoms with Crippen LogP contribution < -0.4 is 14.5 Å². The highest BCUT2D eigenvalue weighted by molar-refractivity contribution is 6.10. The molecule has 85 heavy (non-hydrogen) atoms. The van der Waals surface area contributed by atoms with E-state index in [-0.39, 0.29) is 16.2 Å². The lowest BCUT2D eigenvalue weighted by Gasteiger charge is -2.30. The molecule has 1 aliphatic heterocycles. The largest absolute Gasteiger partial charge is 0.457 e. The van der Waals surface area contributed by atoms with Gasteiger partial charge in [0.1, 0.15) is 24.0 Å². The third-order valence-electron chi connectivity index (χ3n) is 18.2. The average Bonchev–Trinajstić information content (AvgIpc) is 1.84. The van der Waals surface area contributed by atoms with E-state index in [4.69, 9.17) is 9.72 Å². The number of fused-ring (bicyclic) bond motifs is 4. The number of aromatic nitrogens is 2. The molecule has 2 aromatic heterocycles. The van der Waals surface area contributed by atoms with Crippen LogP contribution in [0, 0.1) is 0 Å². The number of hydrogen-bond donors (Lipinski definition) is 0. The van der Waals surface area contributed by atoms with Gasteiger partial charge in [0.05, 0.1) is 22.4 Å². The van der Waals surface area contributed by atoms with Gasteiger partial charge in [-0.3, -0.25) is 4.57 Å². The number of hydrogen-bond acceptors (Lipinski definition) is 4. The second-order valence-electron chi connectivity index (χ2n) is 27.4. The van der Waals surface area contributed by atoms with E-state index in [9.17, 15) is 0 Å². The van der Waals surface area contributed by atoms with E-state index in [0.717, 1.165) is 62.0 Å². The maximum absolute atomic E-state index is 7.38. The normalized spacial score (nSPS) is 13.2. The highest BCUT2D eigenvalue weighted by Crippen LogP contribution is 2.51. The molecule has 0 amide bonds. The van der Waals surface area contributed by atoms with Crippen molar-refractivity contribution in [3.8, 4) is 39.6 Å². The first-order valence-electron chi connectivity index (χ1n) is 30.6. The second kappa shape index (κ2) is 21.8. The summed E-state index contributed by atoms with van der Waals surface area (Å²) in [5, 5.41) is 2.32. The molecule has 0 saturated carbocycles. The van der Waals surface area contributed by atoms with E-state index in [1.807, 2.05) is 6.20 Å². The number of ether oxygens (including phenoxy) is 1. The molecule has 11 aromatic rings. The fourth-order valence-corrected chi connectivity index (χ4v) is 12.8. The van der Waals surface area contributed by atoms with Crippen LogP contribution in [0.5, 0.6) is 11.5 Å². The minimum atomic E-state index is -0.390. The molecule has 0 radical (unpaired) electrons. The topological polar surface area (TPSA) is 33.5 Å². The Morgan fingerprint density at radius 3 is 1.58 bits per heavy atom. The molecule has 0 fully saturated rings. The van der Waals surface area contributed by atoms with Crippen LogP contribution in [0.15, 0.2) is 219 Å². The summed E-state index contributed by atoms with van der Waals surface area (Å²) in [4.78, 5) is 10.2. The molecule has 5 nitrogen and oxygen atoms in total. The van der Waals surface area contributed by atoms with Crippen LogP contribution in [-0.4, -0.2) is 16.2 Å². The molecule has 0 saturated heterocycles. The summed E-state index contributed by atoms with van der Waals surface area (Å²) in [6.45, 7) is 33.0. The number of benzene rings is 9. The van der Waals surface area contributed by atoms with Crippen LogP contribution in [0.2, 0.25) is 0 Å². The molecule has 0 N–H and O–H groups in total. The van der Waals surface area contributed by atoms with Gasteiger partial charge in [0.25, 0.3) is 0 Å². The zero-order chi connectivity index (χ0) is 59.7.